The number of ether oxygens (including phenoxy) is 2. The van der Waals surface area contributed by atoms with Gasteiger partial charge in [0.15, 0.2) is 0 Å². The zero-order valence-corrected chi connectivity index (χ0v) is 9.07. The molecule has 15 heavy (non-hydrogen) atoms. The molecule has 0 radical (unpaired) electrons. The second kappa shape index (κ2) is 5.44. The summed E-state index contributed by atoms with van der Waals surface area (Å²) in [6.45, 7) is 1.71. The molecule has 1 aromatic heterocycles. The highest BCUT2D eigenvalue weighted by Gasteiger charge is 2.21. The molecular formula is C9H13ClN2O3. The second-order valence-corrected chi connectivity index (χ2v) is 3.65. The number of rotatable bonds is 4. The molecule has 0 amide bonds. The number of alkyl halides is 1. The maximum atomic E-state index is 5.57. The van der Waals surface area contributed by atoms with Crippen LogP contribution in [0, 0.1) is 0 Å². The Morgan fingerprint density at radius 3 is 3.07 bits per heavy atom. The van der Waals surface area contributed by atoms with Gasteiger partial charge in [0, 0.05) is 12.3 Å². The zero-order valence-electron chi connectivity index (χ0n) is 8.32. The van der Waals surface area contributed by atoms with Gasteiger partial charge >= 0.3 is 0 Å². The van der Waals surface area contributed by atoms with Gasteiger partial charge in [0.25, 0.3) is 0 Å². The fourth-order valence-electron chi connectivity index (χ4n) is 1.36. The molecule has 0 aromatic carbocycles. The van der Waals surface area contributed by atoms with E-state index in [0.717, 1.165) is 6.42 Å². The fourth-order valence-corrected chi connectivity index (χ4v) is 1.49. The summed E-state index contributed by atoms with van der Waals surface area (Å²) in [5.74, 6) is 1.78. The van der Waals surface area contributed by atoms with Crippen LogP contribution in [0.1, 0.15) is 24.2 Å². The molecule has 84 valence electrons. The van der Waals surface area contributed by atoms with Crippen molar-refractivity contribution < 1.29 is 14.0 Å². The first-order valence-electron chi connectivity index (χ1n) is 4.98. The van der Waals surface area contributed by atoms with Crippen molar-refractivity contribution in [1.82, 2.24) is 10.1 Å². The van der Waals surface area contributed by atoms with Crippen LogP contribution in [0.4, 0.5) is 0 Å². The van der Waals surface area contributed by atoms with Gasteiger partial charge in [-0.25, -0.2) is 0 Å². The van der Waals surface area contributed by atoms with Gasteiger partial charge in [-0.2, -0.15) is 4.98 Å². The lowest BCUT2D eigenvalue weighted by molar-refractivity contribution is -0.0941. The van der Waals surface area contributed by atoms with Gasteiger partial charge in [0.2, 0.25) is 11.7 Å². The molecule has 1 atom stereocenters. The number of aryl methyl sites for hydroxylation is 1. The Kier molecular flexibility index (Phi) is 3.94. The normalized spacial score (nSPS) is 21.8. The Morgan fingerprint density at radius 2 is 2.33 bits per heavy atom. The van der Waals surface area contributed by atoms with E-state index < -0.39 is 0 Å². The van der Waals surface area contributed by atoms with Crippen LogP contribution in [0.25, 0.3) is 0 Å². The predicted molar refractivity (Wildman–Crippen MR) is 52.9 cm³/mol. The number of hydrogen-bond acceptors (Lipinski definition) is 5. The number of hydrogen-bond donors (Lipinski definition) is 0. The largest absolute Gasteiger partial charge is 0.376 e. The smallest absolute Gasteiger partial charge is 0.226 e. The standard InChI is InChI=1S/C9H13ClN2O3/c10-3-1-2-8-11-9(12-15-8)7-6-13-4-5-14-7/h7H,1-6H2. The lowest BCUT2D eigenvalue weighted by atomic mass is 10.3. The molecule has 0 saturated carbocycles. The average Bonchev–Trinajstić information content (AvgIpc) is 2.76. The molecule has 0 N–H and O–H groups in total. The van der Waals surface area contributed by atoms with Crippen molar-refractivity contribution in [2.75, 3.05) is 25.7 Å². The minimum Gasteiger partial charge on any atom is -0.376 e. The minimum atomic E-state index is -0.188. The van der Waals surface area contributed by atoms with Crippen LogP contribution in [0.15, 0.2) is 4.52 Å². The predicted octanol–water partition coefficient (Wildman–Crippen LogP) is 1.33. The van der Waals surface area contributed by atoms with E-state index >= 15 is 0 Å². The lowest BCUT2D eigenvalue weighted by Gasteiger charge is -2.19. The summed E-state index contributed by atoms with van der Waals surface area (Å²) in [6.07, 6.45) is 1.36. The summed E-state index contributed by atoms with van der Waals surface area (Å²) in [4.78, 5) is 4.23. The first-order valence-corrected chi connectivity index (χ1v) is 5.51. The fraction of sp³-hybridized carbons (Fsp3) is 0.778. The minimum absolute atomic E-state index is 0.188. The Labute approximate surface area is 92.7 Å². The highest BCUT2D eigenvalue weighted by atomic mass is 35.5. The summed E-state index contributed by atoms with van der Waals surface area (Å²) in [7, 11) is 0. The van der Waals surface area contributed by atoms with Crippen LogP contribution >= 0.6 is 11.6 Å². The molecular weight excluding hydrogens is 220 g/mol. The summed E-state index contributed by atoms with van der Waals surface area (Å²) >= 11 is 5.57. The van der Waals surface area contributed by atoms with Crippen molar-refractivity contribution in [2.24, 2.45) is 0 Å². The first kappa shape index (κ1) is 10.9. The summed E-state index contributed by atoms with van der Waals surface area (Å²) in [5.41, 5.74) is 0. The van der Waals surface area contributed by atoms with Crippen molar-refractivity contribution >= 4 is 11.6 Å². The van der Waals surface area contributed by atoms with Gasteiger partial charge < -0.3 is 14.0 Å². The van der Waals surface area contributed by atoms with Crippen LogP contribution < -0.4 is 0 Å². The maximum absolute atomic E-state index is 5.57. The van der Waals surface area contributed by atoms with Gasteiger partial charge in [-0.05, 0) is 6.42 Å². The van der Waals surface area contributed by atoms with E-state index in [1.165, 1.54) is 0 Å². The van der Waals surface area contributed by atoms with Crippen molar-refractivity contribution in [3.63, 3.8) is 0 Å². The molecule has 1 aliphatic rings. The molecule has 6 heteroatoms. The van der Waals surface area contributed by atoms with Gasteiger partial charge in [0.05, 0.1) is 19.8 Å². The van der Waals surface area contributed by atoms with E-state index in [1.54, 1.807) is 0 Å². The average molecular weight is 233 g/mol. The van der Waals surface area contributed by atoms with Crippen molar-refractivity contribution in [3.05, 3.63) is 11.7 Å². The molecule has 0 bridgehead atoms. The zero-order chi connectivity index (χ0) is 10.5. The van der Waals surface area contributed by atoms with E-state index in [2.05, 4.69) is 10.1 Å². The molecule has 2 heterocycles. The summed E-state index contributed by atoms with van der Waals surface area (Å²) in [6, 6.07) is 0. The molecule has 2 rings (SSSR count). The third kappa shape index (κ3) is 2.90. The molecule has 5 nitrogen and oxygen atoms in total. The molecule has 1 aliphatic heterocycles. The maximum Gasteiger partial charge on any atom is 0.226 e. The number of halogens is 1. The molecule has 1 aromatic rings. The van der Waals surface area contributed by atoms with Crippen LogP contribution in [0.2, 0.25) is 0 Å². The summed E-state index contributed by atoms with van der Waals surface area (Å²) in [5, 5.41) is 3.86. The molecule has 1 fully saturated rings. The van der Waals surface area contributed by atoms with Crippen molar-refractivity contribution in [1.29, 1.82) is 0 Å². The number of nitrogens with zero attached hydrogens (tertiary/aromatic N) is 2. The number of aromatic nitrogens is 2. The van der Waals surface area contributed by atoms with Crippen LogP contribution in [-0.2, 0) is 15.9 Å². The van der Waals surface area contributed by atoms with Crippen molar-refractivity contribution in [3.8, 4) is 0 Å². The SMILES string of the molecule is ClCCCc1nc(C2COCCO2)no1. The van der Waals surface area contributed by atoms with Crippen molar-refractivity contribution in [2.45, 2.75) is 18.9 Å². The molecule has 0 spiro atoms. The Hall–Kier alpha value is -0.650. The van der Waals surface area contributed by atoms with E-state index in [-0.39, 0.29) is 6.10 Å². The van der Waals surface area contributed by atoms with Crippen LogP contribution in [0.3, 0.4) is 0 Å². The van der Waals surface area contributed by atoms with Gasteiger partial charge in [0.1, 0.15) is 6.10 Å². The highest BCUT2D eigenvalue weighted by molar-refractivity contribution is 6.17. The van der Waals surface area contributed by atoms with Gasteiger partial charge in [-0.1, -0.05) is 5.16 Å². The third-order valence-electron chi connectivity index (χ3n) is 2.11. The van der Waals surface area contributed by atoms with Gasteiger partial charge in [-0.3, -0.25) is 0 Å². The topological polar surface area (TPSA) is 57.4 Å². The summed E-state index contributed by atoms with van der Waals surface area (Å²) < 4.78 is 15.8. The second-order valence-electron chi connectivity index (χ2n) is 3.27. The first-order chi connectivity index (χ1) is 7.40. The van der Waals surface area contributed by atoms with Crippen LogP contribution in [0.5, 0.6) is 0 Å². The lowest BCUT2D eigenvalue weighted by Crippen LogP contribution is -2.22. The molecule has 1 saturated heterocycles. The van der Waals surface area contributed by atoms with E-state index in [1.807, 2.05) is 0 Å². The Morgan fingerprint density at radius 1 is 1.40 bits per heavy atom. The Bertz CT molecular complexity index is 299. The quantitative estimate of drug-likeness (QED) is 0.733. The van der Waals surface area contributed by atoms with E-state index in [9.17, 15) is 0 Å². The van der Waals surface area contributed by atoms with E-state index in [4.69, 9.17) is 25.6 Å². The monoisotopic (exact) mass is 232 g/mol. The van der Waals surface area contributed by atoms with E-state index in [0.29, 0.717) is 43.8 Å². The molecule has 1 unspecified atom stereocenters. The van der Waals surface area contributed by atoms with Crippen LogP contribution in [-0.4, -0.2) is 35.8 Å². The highest BCUT2D eigenvalue weighted by Crippen LogP contribution is 2.17. The molecule has 0 aliphatic carbocycles. The third-order valence-corrected chi connectivity index (χ3v) is 2.38. The Balaban J connectivity index is 1.93. The van der Waals surface area contributed by atoms with Gasteiger partial charge in [-0.15, -0.1) is 11.6 Å².